The molecule has 0 aromatic heterocycles. The number of nitrogens with zero attached hydrogens (tertiary/aromatic N) is 2. The van der Waals surface area contributed by atoms with Crippen LogP contribution in [0.5, 0.6) is 0 Å². The van der Waals surface area contributed by atoms with E-state index in [-0.39, 0.29) is 30.0 Å². The highest BCUT2D eigenvalue weighted by molar-refractivity contribution is 5.85. The monoisotopic (exact) mass is 341 g/mol. The Labute approximate surface area is 143 Å². The lowest BCUT2D eigenvalue weighted by Gasteiger charge is -2.35. The molecule has 1 unspecified atom stereocenters. The molecule has 2 heterocycles. The number of amides is 1. The molecule has 0 saturated carbocycles. The summed E-state index contributed by atoms with van der Waals surface area (Å²) in [6, 6.07) is 5.00. The second-order valence-corrected chi connectivity index (χ2v) is 6.40. The van der Waals surface area contributed by atoms with Gasteiger partial charge < -0.3 is 15.1 Å². The number of halogens is 2. The van der Waals surface area contributed by atoms with Crippen molar-refractivity contribution in [2.24, 2.45) is 5.92 Å². The fourth-order valence-corrected chi connectivity index (χ4v) is 3.37. The standard InChI is InChI=1S/C17H24FN3O.ClH/c1-20-7-9-21(10-8-20)16-5-4-15(18)12-14(16)11-13-3-2-6-19-17(13)22;/h4-5,12-13H,2-3,6-11H2,1H3,(H,19,22);1H. The molecule has 4 nitrogen and oxygen atoms in total. The first-order valence-corrected chi connectivity index (χ1v) is 8.13. The number of benzene rings is 1. The smallest absolute Gasteiger partial charge is 0.223 e. The Balaban J connectivity index is 0.00000192. The summed E-state index contributed by atoms with van der Waals surface area (Å²) in [7, 11) is 2.12. The molecule has 0 radical (unpaired) electrons. The molecular formula is C17H25ClFN3O. The van der Waals surface area contributed by atoms with Crippen LogP contribution in [0.2, 0.25) is 0 Å². The van der Waals surface area contributed by atoms with E-state index < -0.39 is 0 Å². The number of hydrogen-bond donors (Lipinski definition) is 1. The van der Waals surface area contributed by atoms with Crippen molar-refractivity contribution in [3.63, 3.8) is 0 Å². The zero-order chi connectivity index (χ0) is 15.5. The van der Waals surface area contributed by atoms with E-state index in [0.717, 1.165) is 56.8 Å². The average Bonchev–Trinajstić information content (AvgIpc) is 2.51. The Morgan fingerprint density at radius 3 is 2.70 bits per heavy atom. The van der Waals surface area contributed by atoms with Crippen molar-refractivity contribution in [3.8, 4) is 0 Å². The molecule has 1 aromatic rings. The molecule has 2 saturated heterocycles. The number of carbonyl (C=O) groups is 1. The highest BCUT2D eigenvalue weighted by Gasteiger charge is 2.25. The summed E-state index contributed by atoms with van der Waals surface area (Å²) in [5.74, 6) is -0.134. The largest absolute Gasteiger partial charge is 0.369 e. The molecule has 1 aromatic carbocycles. The van der Waals surface area contributed by atoms with Gasteiger partial charge in [-0.15, -0.1) is 12.4 Å². The van der Waals surface area contributed by atoms with Crippen LogP contribution >= 0.6 is 12.4 Å². The van der Waals surface area contributed by atoms with Gasteiger partial charge in [0, 0.05) is 44.3 Å². The molecule has 2 aliphatic rings. The Morgan fingerprint density at radius 1 is 1.26 bits per heavy atom. The van der Waals surface area contributed by atoms with Gasteiger partial charge in [-0.25, -0.2) is 4.39 Å². The predicted molar refractivity (Wildman–Crippen MR) is 92.8 cm³/mol. The van der Waals surface area contributed by atoms with Crippen LogP contribution < -0.4 is 10.2 Å². The molecule has 1 atom stereocenters. The molecule has 0 spiro atoms. The minimum atomic E-state index is -0.218. The lowest BCUT2D eigenvalue weighted by molar-refractivity contribution is -0.126. The molecule has 1 N–H and O–H groups in total. The maximum atomic E-state index is 13.7. The van der Waals surface area contributed by atoms with Gasteiger partial charge in [0.2, 0.25) is 5.91 Å². The molecule has 0 aliphatic carbocycles. The van der Waals surface area contributed by atoms with Crippen LogP contribution in [-0.2, 0) is 11.2 Å². The van der Waals surface area contributed by atoms with Gasteiger partial charge in [-0.1, -0.05) is 0 Å². The Bertz CT molecular complexity index is 547. The molecule has 3 rings (SSSR count). The first-order chi connectivity index (χ1) is 10.6. The van der Waals surface area contributed by atoms with Crippen molar-refractivity contribution in [3.05, 3.63) is 29.6 Å². The van der Waals surface area contributed by atoms with E-state index in [9.17, 15) is 9.18 Å². The SMILES string of the molecule is CN1CCN(c2ccc(F)cc2CC2CCCNC2=O)CC1.Cl. The summed E-state index contributed by atoms with van der Waals surface area (Å²) < 4.78 is 13.7. The van der Waals surface area contributed by atoms with Gasteiger partial charge in [-0.05, 0) is 50.1 Å². The van der Waals surface area contributed by atoms with Crippen molar-refractivity contribution < 1.29 is 9.18 Å². The summed E-state index contributed by atoms with van der Waals surface area (Å²) in [5.41, 5.74) is 2.06. The van der Waals surface area contributed by atoms with Gasteiger partial charge in [-0.3, -0.25) is 4.79 Å². The minimum Gasteiger partial charge on any atom is -0.369 e. The fraction of sp³-hybridized carbons (Fsp3) is 0.588. The van der Waals surface area contributed by atoms with Gasteiger partial charge in [0.25, 0.3) is 0 Å². The van der Waals surface area contributed by atoms with Crippen LogP contribution in [0.3, 0.4) is 0 Å². The quantitative estimate of drug-likeness (QED) is 0.914. The van der Waals surface area contributed by atoms with Crippen molar-refractivity contribution >= 4 is 24.0 Å². The number of nitrogens with one attached hydrogen (secondary N) is 1. The van der Waals surface area contributed by atoms with E-state index in [4.69, 9.17) is 0 Å². The lowest BCUT2D eigenvalue weighted by atomic mass is 9.90. The van der Waals surface area contributed by atoms with Crippen molar-refractivity contribution in [1.82, 2.24) is 10.2 Å². The molecule has 23 heavy (non-hydrogen) atoms. The van der Waals surface area contributed by atoms with Crippen LogP contribution in [0.4, 0.5) is 10.1 Å². The van der Waals surface area contributed by atoms with E-state index in [2.05, 4.69) is 22.2 Å². The molecule has 2 aliphatic heterocycles. The van der Waals surface area contributed by atoms with E-state index >= 15 is 0 Å². The molecule has 6 heteroatoms. The predicted octanol–water partition coefficient (Wildman–Crippen LogP) is 2.07. The van der Waals surface area contributed by atoms with Gasteiger partial charge in [0.05, 0.1) is 0 Å². The first-order valence-electron chi connectivity index (χ1n) is 8.13. The van der Waals surface area contributed by atoms with Crippen molar-refractivity contribution in [2.45, 2.75) is 19.3 Å². The molecule has 2 fully saturated rings. The van der Waals surface area contributed by atoms with Gasteiger partial charge >= 0.3 is 0 Å². The average molecular weight is 342 g/mol. The van der Waals surface area contributed by atoms with E-state index in [0.29, 0.717) is 6.42 Å². The maximum Gasteiger partial charge on any atom is 0.223 e. The third-order valence-corrected chi connectivity index (χ3v) is 4.75. The lowest BCUT2D eigenvalue weighted by Crippen LogP contribution is -2.45. The number of piperazine rings is 1. The Morgan fingerprint density at radius 2 is 2.00 bits per heavy atom. The number of hydrogen-bond acceptors (Lipinski definition) is 3. The summed E-state index contributed by atoms with van der Waals surface area (Å²) in [4.78, 5) is 16.6. The second kappa shape index (κ2) is 7.97. The van der Waals surface area contributed by atoms with Crippen LogP contribution in [-0.4, -0.2) is 50.6 Å². The van der Waals surface area contributed by atoms with Gasteiger partial charge in [0.1, 0.15) is 5.82 Å². The molecular weight excluding hydrogens is 317 g/mol. The van der Waals surface area contributed by atoms with Crippen LogP contribution in [0.25, 0.3) is 0 Å². The minimum absolute atomic E-state index is 0. The Hall–Kier alpha value is -1.33. The van der Waals surface area contributed by atoms with Gasteiger partial charge in [0.15, 0.2) is 0 Å². The van der Waals surface area contributed by atoms with Crippen molar-refractivity contribution in [2.75, 3.05) is 44.7 Å². The number of likely N-dealkylation sites (N-methyl/N-ethyl adjacent to an activating group) is 1. The van der Waals surface area contributed by atoms with Crippen molar-refractivity contribution in [1.29, 1.82) is 0 Å². The molecule has 0 bridgehead atoms. The summed E-state index contributed by atoms with van der Waals surface area (Å²) in [6.45, 7) is 4.70. The topological polar surface area (TPSA) is 35.6 Å². The fourth-order valence-electron chi connectivity index (χ4n) is 3.37. The molecule has 128 valence electrons. The van der Waals surface area contributed by atoms with E-state index in [1.807, 2.05) is 6.07 Å². The zero-order valence-corrected chi connectivity index (χ0v) is 14.4. The third kappa shape index (κ3) is 4.36. The van der Waals surface area contributed by atoms with E-state index in [1.54, 1.807) is 6.07 Å². The normalized spacial score (nSPS) is 22.4. The zero-order valence-electron chi connectivity index (χ0n) is 13.6. The summed E-state index contributed by atoms with van der Waals surface area (Å²) in [6.07, 6.45) is 2.53. The first kappa shape index (κ1) is 18.0. The second-order valence-electron chi connectivity index (χ2n) is 6.40. The number of carbonyl (C=O) groups excluding carboxylic acids is 1. The van der Waals surface area contributed by atoms with Crippen LogP contribution in [0.15, 0.2) is 18.2 Å². The van der Waals surface area contributed by atoms with Crippen LogP contribution in [0.1, 0.15) is 18.4 Å². The number of piperidine rings is 1. The van der Waals surface area contributed by atoms with Crippen LogP contribution in [0, 0.1) is 11.7 Å². The summed E-state index contributed by atoms with van der Waals surface area (Å²) >= 11 is 0. The third-order valence-electron chi connectivity index (χ3n) is 4.75. The highest BCUT2D eigenvalue weighted by atomic mass is 35.5. The molecule has 1 amide bonds. The number of anilines is 1. The maximum absolute atomic E-state index is 13.7. The van der Waals surface area contributed by atoms with Gasteiger partial charge in [-0.2, -0.15) is 0 Å². The highest BCUT2D eigenvalue weighted by Crippen LogP contribution is 2.27. The Kier molecular flexibility index (Phi) is 6.25. The van der Waals surface area contributed by atoms with E-state index in [1.165, 1.54) is 6.07 Å². The summed E-state index contributed by atoms with van der Waals surface area (Å²) in [5, 5.41) is 2.92. The number of rotatable bonds is 3.